The van der Waals surface area contributed by atoms with Crippen molar-refractivity contribution in [1.29, 1.82) is 5.26 Å². The van der Waals surface area contributed by atoms with Gasteiger partial charge in [-0.2, -0.15) is 5.26 Å². The normalized spacial score (nSPS) is 15.3. The van der Waals surface area contributed by atoms with E-state index in [0.717, 1.165) is 46.3 Å². The molecular formula is C25H22N4OS2. The van der Waals surface area contributed by atoms with Gasteiger partial charge in [-0.25, -0.2) is 4.98 Å². The Morgan fingerprint density at radius 3 is 2.75 bits per heavy atom. The van der Waals surface area contributed by atoms with Crippen molar-refractivity contribution in [2.45, 2.75) is 33.1 Å². The number of fused-ring (bicyclic) bond motifs is 2. The highest BCUT2D eigenvalue weighted by molar-refractivity contribution is 7.21. The van der Waals surface area contributed by atoms with Crippen LogP contribution in [0.5, 0.6) is 0 Å². The van der Waals surface area contributed by atoms with Crippen molar-refractivity contribution >= 4 is 49.5 Å². The standard InChI is InChI=1S/C25H22N4OS2/c1-13-3-6-15(7-4-13)19-10-9-17-21(27)22(32-24(17)28-19)23(30)29-25-18(12-26)16-8-5-14(2)11-20(16)31-25/h3-4,6-7,9-10,14H,5,8,11,27H2,1-2H3,(H,29,30). The van der Waals surface area contributed by atoms with Crippen molar-refractivity contribution in [3.63, 3.8) is 0 Å². The van der Waals surface area contributed by atoms with Crippen LogP contribution >= 0.6 is 22.7 Å². The zero-order valence-electron chi connectivity index (χ0n) is 17.9. The van der Waals surface area contributed by atoms with E-state index in [1.165, 1.54) is 33.1 Å². The van der Waals surface area contributed by atoms with Crippen LogP contribution < -0.4 is 11.1 Å². The number of rotatable bonds is 3. The number of pyridine rings is 1. The van der Waals surface area contributed by atoms with E-state index in [1.807, 2.05) is 31.2 Å². The average Bonchev–Trinajstić information content (AvgIpc) is 3.30. The SMILES string of the molecule is Cc1ccc(-c2ccc3c(N)c(C(=O)Nc4sc5c(c4C#N)CCC(C)C5)sc3n2)cc1. The van der Waals surface area contributed by atoms with Gasteiger partial charge in [0.15, 0.2) is 0 Å². The molecule has 5 rings (SSSR count). The maximum absolute atomic E-state index is 13.1. The van der Waals surface area contributed by atoms with E-state index in [1.54, 1.807) is 0 Å². The van der Waals surface area contributed by atoms with Crippen LogP contribution in [0.2, 0.25) is 0 Å². The molecule has 32 heavy (non-hydrogen) atoms. The van der Waals surface area contributed by atoms with Crippen LogP contribution in [0.25, 0.3) is 21.5 Å². The molecule has 1 atom stereocenters. The van der Waals surface area contributed by atoms with Crippen LogP contribution in [-0.4, -0.2) is 10.9 Å². The van der Waals surface area contributed by atoms with Gasteiger partial charge in [0.25, 0.3) is 5.91 Å². The fourth-order valence-corrected chi connectivity index (χ4v) is 6.51. The number of aromatic nitrogens is 1. The summed E-state index contributed by atoms with van der Waals surface area (Å²) in [7, 11) is 0. The van der Waals surface area contributed by atoms with E-state index >= 15 is 0 Å². The summed E-state index contributed by atoms with van der Waals surface area (Å²) in [6.45, 7) is 4.27. The number of benzene rings is 1. The Bertz CT molecular complexity index is 1390. The molecule has 0 aliphatic heterocycles. The number of anilines is 2. The third kappa shape index (κ3) is 3.56. The number of aryl methyl sites for hydroxylation is 1. The second kappa shape index (κ2) is 8.05. The number of nitrogens with zero attached hydrogens (tertiary/aromatic N) is 2. The number of nitriles is 1. The molecule has 0 saturated carbocycles. The summed E-state index contributed by atoms with van der Waals surface area (Å²) in [6, 6.07) is 14.3. The van der Waals surface area contributed by atoms with Crippen LogP contribution in [0.4, 0.5) is 10.7 Å². The summed E-state index contributed by atoms with van der Waals surface area (Å²) in [4.78, 5) is 20.2. The first kappa shape index (κ1) is 20.7. The number of nitrogens with two attached hydrogens (primary N) is 1. The molecule has 3 N–H and O–H groups in total. The molecule has 1 amide bonds. The van der Waals surface area contributed by atoms with Crippen LogP contribution in [0, 0.1) is 24.2 Å². The molecule has 1 aliphatic rings. The second-order valence-electron chi connectivity index (χ2n) is 8.38. The lowest BCUT2D eigenvalue weighted by atomic mass is 9.89. The molecule has 0 saturated heterocycles. The lowest BCUT2D eigenvalue weighted by Gasteiger charge is -2.17. The molecule has 3 heterocycles. The minimum Gasteiger partial charge on any atom is -0.397 e. The number of nitrogens with one attached hydrogen (secondary N) is 1. The van der Waals surface area contributed by atoms with Crippen LogP contribution in [-0.2, 0) is 12.8 Å². The molecule has 160 valence electrons. The van der Waals surface area contributed by atoms with E-state index in [9.17, 15) is 10.1 Å². The minimum absolute atomic E-state index is 0.287. The highest BCUT2D eigenvalue weighted by Crippen LogP contribution is 2.40. The molecule has 1 aliphatic carbocycles. The van der Waals surface area contributed by atoms with Gasteiger partial charge in [-0.05, 0) is 49.8 Å². The average molecular weight is 459 g/mol. The van der Waals surface area contributed by atoms with Gasteiger partial charge in [0, 0.05) is 15.8 Å². The van der Waals surface area contributed by atoms with Gasteiger partial charge >= 0.3 is 0 Å². The van der Waals surface area contributed by atoms with E-state index in [-0.39, 0.29) is 5.91 Å². The Kier molecular flexibility index (Phi) is 5.20. The highest BCUT2D eigenvalue weighted by Gasteiger charge is 2.26. The number of carbonyl (C=O) groups excluding carboxylic acids is 1. The van der Waals surface area contributed by atoms with Crippen molar-refractivity contribution in [2.24, 2.45) is 5.92 Å². The third-order valence-electron chi connectivity index (χ3n) is 6.00. The van der Waals surface area contributed by atoms with E-state index in [0.29, 0.717) is 27.0 Å². The number of nitrogen functional groups attached to an aromatic ring is 1. The van der Waals surface area contributed by atoms with E-state index in [2.05, 4.69) is 30.4 Å². The largest absolute Gasteiger partial charge is 0.397 e. The maximum atomic E-state index is 13.1. The summed E-state index contributed by atoms with van der Waals surface area (Å²) in [6.07, 6.45) is 2.92. The van der Waals surface area contributed by atoms with Gasteiger partial charge in [0.2, 0.25) is 0 Å². The summed E-state index contributed by atoms with van der Waals surface area (Å²) in [5.74, 6) is 0.314. The Morgan fingerprint density at radius 1 is 1.22 bits per heavy atom. The highest BCUT2D eigenvalue weighted by atomic mass is 32.1. The number of thiophene rings is 2. The molecule has 7 heteroatoms. The Labute approximate surface area is 194 Å². The molecule has 0 spiro atoms. The van der Waals surface area contributed by atoms with Gasteiger partial charge in [0.1, 0.15) is 20.8 Å². The fourth-order valence-electron chi connectivity index (χ4n) is 4.17. The van der Waals surface area contributed by atoms with E-state index < -0.39 is 0 Å². The molecule has 3 aromatic heterocycles. The zero-order chi connectivity index (χ0) is 22.4. The number of amides is 1. The van der Waals surface area contributed by atoms with Crippen molar-refractivity contribution in [2.75, 3.05) is 11.1 Å². The summed E-state index contributed by atoms with van der Waals surface area (Å²) < 4.78 is 0. The maximum Gasteiger partial charge on any atom is 0.268 e. The van der Waals surface area contributed by atoms with Crippen molar-refractivity contribution in [3.8, 4) is 17.3 Å². The third-order valence-corrected chi connectivity index (χ3v) is 8.28. The number of hydrogen-bond acceptors (Lipinski definition) is 6. The quantitative estimate of drug-likeness (QED) is 0.384. The molecule has 1 unspecified atom stereocenters. The molecule has 1 aromatic carbocycles. The van der Waals surface area contributed by atoms with Crippen molar-refractivity contribution in [1.82, 2.24) is 4.98 Å². The van der Waals surface area contributed by atoms with Crippen LogP contribution in [0.3, 0.4) is 0 Å². The van der Waals surface area contributed by atoms with Crippen molar-refractivity contribution < 1.29 is 4.79 Å². The fraction of sp³-hybridized carbons (Fsp3) is 0.240. The molecule has 0 fully saturated rings. The summed E-state index contributed by atoms with van der Waals surface area (Å²) in [5.41, 5.74) is 11.5. The lowest BCUT2D eigenvalue weighted by Crippen LogP contribution is -2.12. The first-order valence-electron chi connectivity index (χ1n) is 10.6. The van der Waals surface area contributed by atoms with Crippen molar-refractivity contribution in [3.05, 3.63) is 62.8 Å². The second-order valence-corrected chi connectivity index (χ2v) is 10.5. The zero-order valence-corrected chi connectivity index (χ0v) is 19.5. The van der Waals surface area contributed by atoms with Gasteiger partial charge in [-0.15, -0.1) is 22.7 Å². The molecule has 0 bridgehead atoms. The number of carbonyl (C=O) groups is 1. The first-order chi connectivity index (χ1) is 15.4. The van der Waals surface area contributed by atoms with Crippen LogP contribution in [0.1, 0.15) is 44.6 Å². The Balaban J connectivity index is 1.47. The van der Waals surface area contributed by atoms with Crippen LogP contribution in [0.15, 0.2) is 36.4 Å². The smallest absolute Gasteiger partial charge is 0.268 e. The predicted octanol–water partition coefficient (Wildman–Crippen LogP) is 6.16. The molecular weight excluding hydrogens is 436 g/mol. The predicted molar refractivity (Wildman–Crippen MR) is 132 cm³/mol. The molecule has 5 nitrogen and oxygen atoms in total. The monoisotopic (exact) mass is 458 g/mol. The lowest BCUT2D eigenvalue weighted by molar-refractivity contribution is 0.103. The van der Waals surface area contributed by atoms with Gasteiger partial charge in [-0.3, -0.25) is 4.79 Å². The Morgan fingerprint density at radius 2 is 2.00 bits per heavy atom. The van der Waals surface area contributed by atoms with Gasteiger partial charge < -0.3 is 11.1 Å². The first-order valence-corrected chi connectivity index (χ1v) is 12.2. The topological polar surface area (TPSA) is 91.8 Å². The summed E-state index contributed by atoms with van der Waals surface area (Å²) >= 11 is 2.81. The minimum atomic E-state index is -0.287. The molecule has 4 aromatic rings. The molecule has 0 radical (unpaired) electrons. The number of hydrogen-bond donors (Lipinski definition) is 2. The Hall–Kier alpha value is -3.21. The van der Waals surface area contributed by atoms with Gasteiger partial charge in [0.05, 0.1) is 16.9 Å². The van der Waals surface area contributed by atoms with Gasteiger partial charge in [-0.1, -0.05) is 36.8 Å². The van der Waals surface area contributed by atoms with E-state index in [4.69, 9.17) is 10.7 Å². The summed E-state index contributed by atoms with van der Waals surface area (Å²) in [5, 5.41) is 14.1.